The van der Waals surface area contributed by atoms with Crippen LogP contribution in [0.1, 0.15) is 65.9 Å². The van der Waals surface area contributed by atoms with Crippen LogP contribution in [-0.2, 0) is 20.8 Å². The second-order valence-electron chi connectivity index (χ2n) is 12.2. The zero-order valence-corrected chi connectivity index (χ0v) is 26.9. The van der Waals surface area contributed by atoms with Crippen LogP contribution < -0.4 is 25.4 Å². The van der Waals surface area contributed by atoms with Crippen molar-refractivity contribution < 1.29 is 28.7 Å². The van der Waals surface area contributed by atoms with Crippen LogP contribution >= 0.6 is 0 Å². The van der Waals surface area contributed by atoms with Gasteiger partial charge in [-0.1, -0.05) is 73.9 Å². The molecule has 1 aliphatic carbocycles. The zero-order chi connectivity index (χ0) is 33.0. The van der Waals surface area contributed by atoms with Crippen molar-refractivity contribution in [3.05, 3.63) is 95.6 Å². The van der Waals surface area contributed by atoms with Crippen LogP contribution in [0.15, 0.2) is 78.9 Å². The van der Waals surface area contributed by atoms with Gasteiger partial charge in [-0.05, 0) is 54.2 Å². The highest BCUT2D eigenvalue weighted by Gasteiger charge is 2.30. The first-order valence-corrected chi connectivity index (χ1v) is 16.5. The molecule has 0 saturated heterocycles. The summed E-state index contributed by atoms with van der Waals surface area (Å²) in [6.45, 7) is 0.744. The summed E-state index contributed by atoms with van der Waals surface area (Å²) < 4.78 is 11.8. The number of amides is 4. The largest absolute Gasteiger partial charge is 0.492 e. The van der Waals surface area contributed by atoms with E-state index < -0.39 is 29.8 Å². The summed E-state index contributed by atoms with van der Waals surface area (Å²) in [5.74, 6) is -0.288. The molecule has 1 saturated carbocycles. The van der Waals surface area contributed by atoms with E-state index in [1.165, 1.54) is 42.6 Å². The van der Waals surface area contributed by atoms with Crippen molar-refractivity contribution in [2.45, 2.75) is 62.9 Å². The third-order valence-electron chi connectivity index (χ3n) is 8.75. The van der Waals surface area contributed by atoms with Crippen molar-refractivity contribution in [1.29, 1.82) is 0 Å². The van der Waals surface area contributed by atoms with Gasteiger partial charge in [0, 0.05) is 13.5 Å². The summed E-state index contributed by atoms with van der Waals surface area (Å²) in [6.07, 6.45) is 6.20. The van der Waals surface area contributed by atoms with Crippen molar-refractivity contribution in [2.75, 3.05) is 33.4 Å². The average Bonchev–Trinajstić information content (AvgIpc) is 3.10. The Labute approximate surface area is 276 Å². The predicted molar refractivity (Wildman–Crippen MR) is 178 cm³/mol. The fraction of sp³-hybridized carbons (Fsp3) is 0.405. The van der Waals surface area contributed by atoms with Gasteiger partial charge in [0.1, 0.15) is 36.8 Å². The molecule has 47 heavy (non-hydrogen) atoms. The Morgan fingerprint density at radius 3 is 2.40 bits per heavy atom. The molecule has 3 N–H and O–H groups in total. The number of fused-ring (bicyclic) bond motifs is 1. The Kier molecular flexibility index (Phi) is 11.9. The summed E-state index contributed by atoms with van der Waals surface area (Å²) in [7, 11) is 1.64. The summed E-state index contributed by atoms with van der Waals surface area (Å²) in [5.41, 5.74) is 2.43. The minimum Gasteiger partial charge on any atom is -0.492 e. The molecule has 10 nitrogen and oxygen atoms in total. The minimum atomic E-state index is -1.21. The normalized spacial score (nSPS) is 19.8. The van der Waals surface area contributed by atoms with Crippen molar-refractivity contribution >= 4 is 23.6 Å². The van der Waals surface area contributed by atoms with E-state index in [1.807, 2.05) is 42.5 Å². The van der Waals surface area contributed by atoms with Gasteiger partial charge in [-0.3, -0.25) is 19.2 Å². The number of benzene rings is 3. The maximum atomic E-state index is 13.5. The SMILES string of the molecule is CN1CCOc2ccccc2C(=O)N[C@H](C(=O)NCCOc2ccc(C3CCCCC3)cc2)CC(=O)N[C@@H](Cc2ccccc2)C1=O. The van der Waals surface area contributed by atoms with E-state index in [4.69, 9.17) is 9.47 Å². The summed E-state index contributed by atoms with van der Waals surface area (Å²) in [5, 5.41) is 8.31. The second-order valence-corrected chi connectivity index (χ2v) is 12.2. The number of rotatable bonds is 8. The highest BCUT2D eigenvalue weighted by atomic mass is 16.5. The summed E-state index contributed by atoms with van der Waals surface area (Å²) in [6, 6.07) is 22.1. The third kappa shape index (κ3) is 9.57. The van der Waals surface area contributed by atoms with Crippen molar-refractivity contribution in [3.63, 3.8) is 0 Å². The molecule has 0 bridgehead atoms. The topological polar surface area (TPSA) is 126 Å². The second kappa shape index (κ2) is 16.6. The van der Waals surface area contributed by atoms with E-state index in [-0.39, 0.29) is 50.6 Å². The Hall–Kier alpha value is -4.86. The third-order valence-corrected chi connectivity index (χ3v) is 8.75. The summed E-state index contributed by atoms with van der Waals surface area (Å²) in [4.78, 5) is 55.1. The maximum Gasteiger partial charge on any atom is 0.255 e. The molecule has 3 aromatic rings. The molecule has 0 unspecified atom stereocenters. The molecular weight excluding hydrogens is 596 g/mol. The number of hydrogen-bond acceptors (Lipinski definition) is 6. The van der Waals surface area contributed by atoms with E-state index in [9.17, 15) is 19.2 Å². The Balaban J connectivity index is 1.25. The standard InChI is InChI=1S/C37H44N4O6/c1-41-21-23-47-33-15-9-8-14-30(33)35(43)40-31(25-34(42)39-32(37(41)45)24-26-10-4-2-5-11-26)36(44)38-20-22-46-29-18-16-28(17-19-29)27-12-6-3-7-13-27/h2,4-5,8-11,14-19,27,31-32H,3,6-7,12-13,20-25H2,1H3,(H,38,44)(H,39,42)(H,40,43)/t31-,32-/m0/s1. The number of carbonyl (C=O) groups excluding carboxylic acids is 4. The number of likely N-dealkylation sites (N-methyl/N-ethyl adjacent to an activating group) is 1. The molecule has 2 aliphatic rings. The smallest absolute Gasteiger partial charge is 0.255 e. The molecule has 0 aromatic heterocycles. The van der Waals surface area contributed by atoms with E-state index in [2.05, 4.69) is 28.1 Å². The van der Waals surface area contributed by atoms with Crippen LogP contribution in [0.4, 0.5) is 0 Å². The molecule has 2 atom stereocenters. The van der Waals surface area contributed by atoms with Crippen molar-refractivity contribution in [2.24, 2.45) is 0 Å². The average molecular weight is 641 g/mol. The van der Waals surface area contributed by atoms with Crippen LogP contribution in [0.25, 0.3) is 0 Å². The summed E-state index contributed by atoms with van der Waals surface area (Å²) >= 11 is 0. The Morgan fingerprint density at radius 2 is 1.64 bits per heavy atom. The fourth-order valence-corrected chi connectivity index (χ4v) is 6.12. The van der Waals surface area contributed by atoms with Crippen LogP contribution in [0.5, 0.6) is 11.5 Å². The number of nitrogens with zero attached hydrogens (tertiary/aromatic N) is 1. The lowest BCUT2D eigenvalue weighted by molar-refractivity contribution is -0.136. The Morgan fingerprint density at radius 1 is 0.915 bits per heavy atom. The number of ether oxygens (including phenoxy) is 2. The number of nitrogens with one attached hydrogen (secondary N) is 3. The lowest BCUT2D eigenvalue weighted by Gasteiger charge is -2.26. The molecule has 0 spiro atoms. The minimum absolute atomic E-state index is 0.131. The van der Waals surface area contributed by atoms with Crippen LogP contribution in [0.2, 0.25) is 0 Å². The highest BCUT2D eigenvalue weighted by Crippen LogP contribution is 2.33. The van der Waals surface area contributed by atoms with Crippen LogP contribution in [0, 0.1) is 0 Å². The number of para-hydroxylation sites is 1. The fourth-order valence-electron chi connectivity index (χ4n) is 6.12. The van der Waals surface area contributed by atoms with E-state index >= 15 is 0 Å². The molecule has 3 aromatic carbocycles. The molecule has 1 aliphatic heterocycles. The first-order chi connectivity index (χ1) is 22.9. The number of carbonyl (C=O) groups is 4. The molecule has 0 radical (unpaired) electrons. The zero-order valence-electron chi connectivity index (χ0n) is 26.9. The van der Waals surface area contributed by atoms with Crippen molar-refractivity contribution in [1.82, 2.24) is 20.9 Å². The first kappa shape index (κ1) is 33.5. The molecule has 4 amide bonds. The van der Waals surface area contributed by atoms with E-state index in [1.54, 1.807) is 31.3 Å². The lowest BCUT2D eigenvalue weighted by atomic mass is 9.84. The van der Waals surface area contributed by atoms with E-state index in [0.29, 0.717) is 17.4 Å². The molecule has 1 heterocycles. The van der Waals surface area contributed by atoms with Gasteiger partial charge in [0.05, 0.1) is 25.1 Å². The highest BCUT2D eigenvalue weighted by molar-refractivity contribution is 6.01. The van der Waals surface area contributed by atoms with Crippen LogP contribution in [-0.4, -0.2) is 74.0 Å². The van der Waals surface area contributed by atoms with Gasteiger partial charge in [-0.25, -0.2) is 0 Å². The quantitative estimate of drug-likeness (QED) is 0.320. The van der Waals surface area contributed by atoms with Gasteiger partial charge in [-0.2, -0.15) is 0 Å². The molecule has 1 fully saturated rings. The molecule has 248 valence electrons. The van der Waals surface area contributed by atoms with Gasteiger partial charge in [0.25, 0.3) is 5.91 Å². The van der Waals surface area contributed by atoms with Crippen molar-refractivity contribution in [3.8, 4) is 11.5 Å². The molecule has 10 heteroatoms. The monoisotopic (exact) mass is 640 g/mol. The first-order valence-electron chi connectivity index (χ1n) is 16.5. The number of hydrogen-bond donors (Lipinski definition) is 3. The maximum absolute atomic E-state index is 13.5. The van der Waals surface area contributed by atoms with Gasteiger partial charge in [0.2, 0.25) is 17.7 Å². The Bertz CT molecular complexity index is 1510. The van der Waals surface area contributed by atoms with Gasteiger partial charge in [0.15, 0.2) is 0 Å². The van der Waals surface area contributed by atoms with E-state index in [0.717, 1.165) is 5.56 Å². The molecule has 5 rings (SSSR count). The predicted octanol–water partition coefficient (Wildman–Crippen LogP) is 4.00. The van der Waals surface area contributed by atoms with Gasteiger partial charge >= 0.3 is 0 Å². The molecular formula is C37H44N4O6. The van der Waals surface area contributed by atoms with Gasteiger partial charge in [-0.15, -0.1) is 0 Å². The lowest BCUT2D eigenvalue weighted by Crippen LogP contribution is -2.53. The van der Waals surface area contributed by atoms with Crippen LogP contribution in [0.3, 0.4) is 0 Å². The van der Waals surface area contributed by atoms with Gasteiger partial charge < -0.3 is 30.3 Å².